The third-order valence-corrected chi connectivity index (χ3v) is 15.6. The van der Waals surface area contributed by atoms with Crippen molar-refractivity contribution in [1.29, 1.82) is 0 Å². The molecule has 9 nitrogen and oxygen atoms in total. The van der Waals surface area contributed by atoms with Gasteiger partial charge in [-0.05, 0) is 168 Å². The van der Waals surface area contributed by atoms with Gasteiger partial charge in [-0.1, -0.05) is 157 Å². The Labute approximate surface area is 434 Å². The molecular formula is C63H93N9. The number of rotatable bonds is 33. The molecule has 0 radical (unpaired) electrons. The minimum Gasteiger partial charge on any atom is -0.150 e. The molecule has 0 N–H and O–H groups in total. The van der Waals surface area contributed by atoms with Gasteiger partial charge in [-0.2, -0.15) is 0 Å². The lowest BCUT2D eigenvalue weighted by atomic mass is 9.96. The number of fused-ring (bicyclic) bond motifs is 3. The second-order valence-electron chi connectivity index (χ2n) is 21.6. The zero-order valence-electron chi connectivity index (χ0n) is 46.7. The smallest absolute Gasteiger partial charge is 0.113 e. The van der Waals surface area contributed by atoms with Crippen LogP contribution in [0.3, 0.4) is 0 Å². The van der Waals surface area contributed by atoms with Crippen LogP contribution in [0.4, 0.5) is 0 Å². The summed E-state index contributed by atoms with van der Waals surface area (Å²) in [6.45, 7) is 20.4. The molecule has 4 aromatic carbocycles. The standard InChI is InChI=1S/C63H93N9/c1-10-16-22-28-34-49-40-55-56(41-50(49)35-29-23-17-11-2)65-70(64-55)61-46(7)62(71-66-57-42-51(36-30-24-18-12-3)52(43-58(57)67-71)37-31-25-19-13-4)48(9)63(47(61)8)72-68-59-44-53(38-32-26-20-14-5)54(45-60(59)69-72)39-33-27-21-15-6/h40-45H,10-39H2,1-9H3. The highest BCUT2D eigenvalue weighted by Crippen LogP contribution is 2.36. The molecule has 0 unspecified atom stereocenters. The molecule has 0 atom stereocenters. The molecule has 0 aliphatic carbocycles. The highest BCUT2D eigenvalue weighted by Gasteiger charge is 2.26. The monoisotopic (exact) mass is 976 g/mol. The quantitative estimate of drug-likeness (QED) is 0.0381. The molecule has 7 rings (SSSR count). The molecule has 72 heavy (non-hydrogen) atoms. The summed E-state index contributed by atoms with van der Waals surface area (Å²) >= 11 is 0. The average Bonchev–Trinajstić information content (AvgIpc) is 4.10. The molecule has 3 aromatic heterocycles. The zero-order chi connectivity index (χ0) is 50.8. The van der Waals surface area contributed by atoms with Crippen LogP contribution in [0.5, 0.6) is 0 Å². The van der Waals surface area contributed by atoms with Crippen molar-refractivity contribution in [3.05, 3.63) is 86.5 Å². The lowest BCUT2D eigenvalue weighted by Gasteiger charge is -2.20. The second-order valence-corrected chi connectivity index (χ2v) is 21.6. The van der Waals surface area contributed by atoms with Gasteiger partial charge >= 0.3 is 0 Å². The van der Waals surface area contributed by atoms with Crippen molar-refractivity contribution >= 4 is 33.1 Å². The van der Waals surface area contributed by atoms with Crippen LogP contribution < -0.4 is 0 Å². The van der Waals surface area contributed by atoms with E-state index in [0.717, 1.165) is 105 Å². The second kappa shape index (κ2) is 27.9. The number of nitrogens with zero attached hydrogens (tertiary/aromatic N) is 9. The maximum absolute atomic E-state index is 5.36. The summed E-state index contributed by atoms with van der Waals surface area (Å²) in [4.78, 5) is 5.71. The van der Waals surface area contributed by atoms with E-state index in [2.05, 4.69) is 98.7 Å². The lowest BCUT2D eigenvalue weighted by molar-refractivity contribution is 0.651. The topological polar surface area (TPSA) is 92.1 Å². The predicted molar refractivity (Wildman–Crippen MR) is 305 cm³/mol. The van der Waals surface area contributed by atoms with Crippen LogP contribution in [0.15, 0.2) is 36.4 Å². The molecule has 0 saturated carbocycles. The Morgan fingerprint density at radius 1 is 0.250 bits per heavy atom. The fourth-order valence-corrected chi connectivity index (χ4v) is 11.4. The molecule has 0 amide bonds. The van der Waals surface area contributed by atoms with Crippen LogP contribution in [-0.2, 0) is 38.5 Å². The molecule has 0 aliphatic rings. The number of hydrogen-bond acceptors (Lipinski definition) is 6. The average molecular weight is 976 g/mol. The number of aryl methyl sites for hydroxylation is 6. The summed E-state index contributed by atoms with van der Waals surface area (Å²) in [5, 5.41) is 32.2. The first kappa shape index (κ1) is 54.8. The van der Waals surface area contributed by atoms with Gasteiger partial charge in [0, 0.05) is 16.7 Å². The molecule has 7 aromatic rings. The van der Waals surface area contributed by atoms with Crippen LogP contribution in [-0.4, -0.2) is 45.0 Å². The summed E-state index contributed by atoms with van der Waals surface area (Å²) in [6, 6.07) is 14.1. The van der Waals surface area contributed by atoms with E-state index in [4.69, 9.17) is 30.6 Å². The minimum atomic E-state index is 0.931. The van der Waals surface area contributed by atoms with Gasteiger partial charge < -0.3 is 0 Å². The maximum Gasteiger partial charge on any atom is 0.113 e. The number of benzene rings is 4. The van der Waals surface area contributed by atoms with Crippen molar-refractivity contribution < 1.29 is 0 Å². The Morgan fingerprint density at radius 2 is 0.417 bits per heavy atom. The molecule has 9 heteroatoms. The summed E-state index contributed by atoms with van der Waals surface area (Å²) in [5.41, 5.74) is 20.2. The normalized spacial score (nSPS) is 12.0. The van der Waals surface area contributed by atoms with Gasteiger partial charge in [0.05, 0.1) is 17.1 Å². The Hall–Kier alpha value is -4.92. The van der Waals surface area contributed by atoms with Crippen LogP contribution in [0.25, 0.3) is 50.2 Å². The first-order chi connectivity index (χ1) is 35.2. The number of unbranched alkanes of at least 4 members (excludes halogenated alkanes) is 18. The van der Waals surface area contributed by atoms with E-state index < -0.39 is 0 Å². The predicted octanol–water partition coefficient (Wildman–Crippen LogP) is 17.6. The van der Waals surface area contributed by atoms with Gasteiger partial charge in [-0.3, -0.25) is 0 Å². The first-order valence-electron chi connectivity index (χ1n) is 29.5. The van der Waals surface area contributed by atoms with E-state index in [1.54, 1.807) is 0 Å². The summed E-state index contributed by atoms with van der Waals surface area (Å²) in [6.07, 6.45) is 36.4. The Balaban J connectivity index is 1.39. The highest BCUT2D eigenvalue weighted by molar-refractivity contribution is 5.80. The van der Waals surface area contributed by atoms with E-state index in [1.165, 1.54) is 187 Å². The highest BCUT2D eigenvalue weighted by atomic mass is 15.5. The lowest BCUT2D eigenvalue weighted by Crippen LogP contribution is -2.16. The van der Waals surface area contributed by atoms with Gasteiger partial charge in [0.2, 0.25) is 0 Å². The largest absolute Gasteiger partial charge is 0.150 e. The summed E-state index contributed by atoms with van der Waals surface area (Å²) in [5.74, 6) is 0. The number of hydrogen-bond donors (Lipinski definition) is 0. The van der Waals surface area contributed by atoms with Crippen molar-refractivity contribution in [3.8, 4) is 17.1 Å². The van der Waals surface area contributed by atoms with Crippen molar-refractivity contribution in [2.24, 2.45) is 0 Å². The van der Waals surface area contributed by atoms with Gasteiger partial charge in [-0.15, -0.1) is 45.0 Å². The maximum atomic E-state index is 5.36. The first-order valence-corrected chi connectivity index (χ1v) is 29.5. The summed E-state index contributed by atoms with van der Waals surface area (Å²) in [7, 11) is 0. The van der Waals surface area contributed by atoms with Crippen molar-refractivity contribution in [2.75, 3.05) is 0 Å². The fraction of sp³-hybridized carbons (Fsp3) is 0.619. The SMILES string of the molecule is CCCCCCc1cc2nn(-c3c(C)c(-n4nc5cc(CCCCCC)c(CCCCCC)cc5n4)c(C)c(-n4nc5cc(CCCCCC)c(CCCCCC)cc5n4)c3C)nc2cc1CCCCCC. The Bertz CT molecular complexity index is 2320. The molecular weight excluding hydrogens is 883 g/mol. The van der Waals surface area contributed by atoms with Crippen molar-refractivity contribution in [1.82, 2.24) is 45.0 Å². The molecule has 0 spiro atoms. The zero-order valence-corrected chi connectivity index (χ0v) is 46.7. The van der Waals surface area contributed by atoms with Crippen molar-refractivity contribution in [2.45, 2.75) is 255 Å². The van der Waals surface area contributed by atoms with E-state index in [1.807, 2.05) is 14.4 Å². The molecule has 390 valence electrons. The van der Waals surface area contributed by atoms with E-state index in [0.29, 0.717) is 0 Å². The van der Waals surface area contributed by atoms with Crippen LogP contribution in [0.1, 0.15) is 246 Å². The van der Waals surface area contributed by atoms with Crippen LogP contribution >= 0.6 is 0 Å². The van der Waals surface area contributed by atoms with E-state index in [-0.39, 0.29) is 0 Å². The Morgan fingerprint density at radius 3 is 0.569 bits per heavy atom. The third-order valence-electron chi connectivity index (χ3n) is 15.6. The molecule has 0 aliphatic heterocycles. The molecule has 3 heterocycles. The fourth-order valence-electron chi connectivity index (χ4n) is 11.4. The molecule has 0 saturated heterocycles. The van der Waals surface area contributed by atoms with Gasteiger partial charge in [0.15, 0.2) is 0 Å². The minimum absolute atomic E-state index is 0.931. The van der Waals surface area contributed by atoms with E-state index in [9.17, 15) is 0 Å². The van der Waals surface area contributed by atoms with Gasteiger partial charge in [0.25, 0.3) is 0 Å². The van der Waals surface area contributed by atoms with Crippen molar-refractivity contribution in [3.63, 3.8) is 0 Å². The number of aromatic nitrogens is 9. The summed E-state index contributed by atoms with van der Waals surface area (Å²) < 4.78 is 0. The van der Waals surface area contributed by atoms with Gasteiger partial charge in [-0.25, -0.2) is 0 Å². The third kappa shape index (κ3) is 13.8. The van der Waals surface area contributed by atoms with Crippen LogP contribution in [0, 0.1) is 20.8 Å². The van der Waals surface area contributed by atoms with Crippen LogP contribution in [0.2, 0.25) is 0 Å². The van der Waals surface area contributed by atoms with E-state index >= 15 is 0 Å². The molecule has 0 fully saturated rings. The molecule has 0 bridgehead atoms. The van der Waals surface area contributed by atoms with Gasteiger partial charge in [0.1, 0.15) is 33.1 Å². The Kier molecular flexibility index (Phi) is 21.3.